The molecule has 0 saturated heterocycles. The molecule has 2 heterocycles. The second kappa shape index (κ2) is 6.42. The van der Waals surface area contributed by atoms with Crippen molar-refractivity contribution < 1.29 is 0 Å². The molecule has 2 N–H and O–H groups in total. The van der Waals surface area contributed by atoms with Crippen LogP contribution in [0.5, 0.6) is 0 Å². The normalized spacial score (nSPS) is 10.5. The summed E-state index contributed by atoms with van der Waals surface area (Å²) in [6.45, 7) is 0.791. The highest BCUT2D eigenvalue weighted by Gasteiger charge is 2.03. The summed E-state index contributed by atoms with van der Waals surface area (Å²) >= 11 is 1.53. The molecule has 0 fully saturated rings. The van der Waals surface area contributed by atoms with Crippen molar-refractivity contribution in [1.29, 1.82) is 0 Å². The quantitative estimate of drug-likeness (QED) is 0.618. The van der Waals surface area contributed by atoms with Gasteiger partial charge in [0.15, 0.2) is 5.16 Å². The third-order valence-electron chi connectivity index (χ3n) is 2.72. The monoisotopic (exact) mass is 278 g/mol. The number of aromatic nitrogens is 4. The average molecular weight is 278 g/mol. The molecule has 2 aromatic heterocycles. The third-order valence-corrected chi connectivity index (χ3v) is 3.27. The molecule has 0 radical (unpaired) electrons. The molecule has 0 aliphatic carbocycles. The van der Waals surface area contributed by atoms with Crippen molar-refractivity contribution in [2.24, 2.45) is 7.05 Å². The number of aryl methyl sites for hydroxylation is 1. The Labute approximate surface area is 117 Å². The van der Waals surface area contributed by atoms with Crippen molar-refractivity contribution in [3.63, 3.8) is 0 Å². The van der Waals surface area contributed by atoms with Crippen LogP contribution in [0.25, 0.3) is 0 Å². The lowest BCUT2D eigenvalue weighted by Gasteiger charge is -2.08. The summed E-state index contributed by atoms with van der Waals surface area (Å²) in [5.41, 5.74) is 0. The Morgan fingerprint density at radius 3 is 2.74 bits per heavy atom. The van der Waals surface area contributed by atoms with Gasteiger partial charge in [-0.3, -0.25) is 0 Å². The largest absolute Gasteiger partial charge is 0.373 e. The Hall–Kier alpha value is -1.76. The fourth-order valence-electron chi connectivity index (χ4n) is 1.67. The third kappa shape index (κ3) is 3.60. The van der Waals surface area contributed by atoms with Gasteiger partial charge in [0.1, 0.15) is 17.5 Å². The minimum absolute atomic E-state index is 0.756. The maximum Gasteiger partial charge on any atom is 0.191 e. The summed E-state index contributed by atoms with van der Waals surface area (Å²) in [5.74, 6) is 2.71. The average Bonchev–Trinajstić information content (AvgIpc) is 2.84. The lowest BCUT2D eigenvalue weighted by molar-refractivity contribution is 0.787. The van der Waals surface area contributed by atoms with Gasteiger partial charge in [-0.2, -0.15) is 0 Å². The Balaban J connectivity index is 1.97. The highest BCUT2D eigenvalue weighted by molar-refractivity contribution is 7.98. The molecule has 0 aliphatic heterocycles. The van der Waals surface area contributed by atoms with Crippen LogP contribution in [-0.4, -0.2) is 39.4 Å². The first kappa shape index (κ1) is 13.7. The summed E-state index contributed by atoms with van der Waals surface area (Å²) in [7, 11) is 3.85. The molecule has 0 unspecified atom stereocenters. The zero-order valence-corrected chi connectivity index (χ0v) is 12.2. The van der Waals surface area contributed by atoms with Crippen LogP contribution < -0.4 is 10.6 Å². The van der Waals surface area contributed by atoms with Gasteiger partial charge in [-0.1, -0.05) is 11.8 Å². The molecular formula is C12H18N6S. The van der Waals surface area contributed by atoms with Crippen LogP contribution in [0.4, 0.5) is 11.6 Å². The van der Waals surface area contributed by atoms with Gasteiger partial charge in [0.25, 0.3) is 0 Å². The standard InChI is InChI=1S/C12H18N6S/c1-13-9-8-10(17-12(16-9)19-3)14-5-4-11-15-6-7-18(11)2/h6-8H,4-5H2,1-3H3,(H2,13,14,16,17). The van der Waals surface area contributed by atoms with Crippen molar-refractivity contribution in [2.75, 3.05) is 30.5 Å². The molecule has 0 spiro atoms. The van der Waals surface area contributed by atoms with E-state index in [0.29, 0.717) is 0 Å². The van der Waals surface area contributed by atoms with Crippen LogP contribution >= 0.6 is 11.8 Å². The van der Waals surface area contributed by atoms with Gasteiger partial charge in [0.2, 0.25) is 0 Å². The molecule has 0 atom stereocenters. The molecule has 19 heavy (non-hydrogen) atoms. The number of nitrogens with zero attached hydrogens (tertiary/aromatic N) is 4. The van der Waals surface area contributed by atoms with Gasteiger partial charge in [-0.15, -0.1) is 0 Å². The molecule has 0 bridgehead atoms. The molecule has 0 amide bonds. The lowest BCUT2D eigenvalue weighted by atomic mass is 10.4. The van der Waals surface area contributed by atoms with Crippen LogP contribution in [-0.2, 0) is 13.5 Å². The number of nitrogens with one attached hydrogen (secondary N) is 2. The van der Waals surface area contributed by atoms with Gasteiger partial charge < -0.3 is 15.2 Å². The van der Waals surface area contributed by atoms with Crippen LogP contribution in [0.15, 0.2) is 23.6 Å². The molecule has 0 saturated carbocycles. The van der Waals surface area contributed by atoms with Gasteiger partial charge in [0.05, 0.1) is 0 Å². The Kier molecular flexibility index (Phi) is 4.62. The zero-order valence-electron chi connectivity index (χ0n) is 11.3. The predicted octanol–water partition coefficient (Wildman–Crippen LogP) is 1.63. The van der Waals surface area contributed by atoms with E-state index in [-0.39, 0.29) is 0 Å². The van der Waals surface area contributed by atoms with E-state index >= 15 is 0 Å². The van der Waals surface area contributed by atoms with E-state index in [1.54, 1.807) is 0 Å². The SMILES string of the molecule is CNc1cc(NCCc2nccn2C)nc(SC)n1. The summed E-state index contributed by atoms with van der Waals surface area (Å²) < 4.78 is 2.02. The van der Waals surface area contributed by atoms with E-state index in [1.807, 2.05) is 43.4 Å². The topological polar surface area (TPSA) is 67.7 Å². The van der Waals surface area contributed by atoms with Crippen molar-refractivity contribution in [2.45, 2.75) is 11.6 Å². The van der Waals surface area contributed by atoms with Crippen LogP contribution in [0, 0.1) is 0 Å². The van der Waals surface area contributed by atoms with Crippen LogP contribution in [0.3, 0.4) is 0 Å². The van der Waals surface area contributed by atoms with Gasteiger partial charge in [0, 0.05) is 45.5 Å². The summed E-state index contributed by atoms with van der Waals surface area (Å²) in [6, 6.07) is 1.90. The first-order chi connectivity index (χ1) is 9.22. The second-order valence-corrected chi connectivity index (χ2v) is 4.78. The minimum atomic E-state index is 0.756. The van der Waals surface area contributed by atoms with E-state index < -0.39 is 0 Å². The highest BCUT2D eigenvalue weighted by Crippen LogP contribution is 2.16. The smallest absolute Gasteiger partial charge is 0.191 e. The van der Waals surface area contributed by atoms with Crippen molar-refractivity contribution >= 4 is 23.4 Å². The Bertz CT molecular complexity index is 517. The number of thioether (sulfide) groups is 1. The maximum absolute atomic E-state index is 4.41. The van der Waals surface area contributed by atoms with E-state index in [0.717, 1.165) is 35.6 Å². The van der Waals surface area contributed by atoms with E-state index in [1.165, 1.54) is 11.8 Å². The maximum atomic E-state index is 4.41. The second-order valence-electron chi connectivity index (χ2n) is 4.01. The summed E-state index contributed by atoms with van der Waals surface area (Å²) in [6.07, 6.45) is 6.58. The molecule has 0 aliphatic rings. The fourth-order valence-corrected chi connectivity index (χ4v) is 2.05. The fraction of sp³-hybridized carbons (Fsp3) is 0.417. The number of hydrogen-bond acceptors (Lipinski definition) is 6. The Morgan fingerprint density at radius 1 is 1.32 bits per heavy atom. The number of hydrogen-bond donors (Lipinski definition) is 2. The molecule has 6 nitrogen and oxygen atoms in total. The number of rotatable bonds is 6. The molecule has 102 valence electrons. The highest BCUT2D eigenvalue weighted by atomic mass is 32.2. The Morgan fingerprint density at radius 2 is 2.11 bits per heavy atom. The molecule has 7 heteroatoms. The van der Waals surface area contributed by atoms with Gasteiger partial charge in [-0.05, 0) is 6.26 Å². The predicted molar refractivity (Wildman–Crippen MR) is 78.8 cm³/mol. The van der Waals surface area contributed by atoms with Crippen LogP contribution in [0.1, 0.15) is 5.82 Å². The van der Waals surface area contributed by atoms with Crippen molar-refractivity contribution in [3.05, 3.63) is 24.3 Å². The molecule has 2 aromatic rings. The molecular weight excluding hydrogens is 260 g/mol. The number of imidazole rings is 1. The van der Waals surface area contributed by atoms with Crippen molar-refractivity contribution in [1.82, 2.24) is 19.5 Å². The first-order valence-corrected chi connectivity index (χ1v) is 7.26. The number of anilines is 2. The molecule has 0 aromatic carbocycles. The van der Waals surface area contributed by atoms with Crippen LogP contribution in [0.2, 0.25) is 0 Å². The van der Waals surface area contributed by atoms with E-state index in [2.05, 4.69) is 25.6 Å². The zero-order chi connectivity index (χ0) is 13.7. The molecule has 2 rings (SSSR count). The van der Waals surface area contributed by atoms with Gasteiger partial charge >= 0.3 is 0 Å². The van der Waals surface area contributed by atoms with Crippen molar-refractivity contribution in [3.8, 4) is 0 Å². The summed E-state index contributed by atoms with van der Waals surface area (Å²) in [4.78, 5) is 13.0. The summed E-state index contributed by atoms with van der Waals surface area (Å²) in [5, 5.41) is 7.09. The first-order valence-electron chi connectivity index (χ1n) is 6.04. The minimum Gasteiger partial charge on any atom is -0.373 e. The van der Waals surface area contributed by atoms with E-state index in [4.69, 9.17) is 0 Å². The van der Waals surface area contributed by atoms with E-state index in [9.17, 15) is 0 Å². The lowest BCUT2D eigenvalue weighted by Crippen LogP contribution is -2.10. The van der Waals surface area contributed by atoms with Gasteiger partial charge in [-0.25, -0.2) is 15.0 Å².